The molecule has 0 fully saturated rings. The van der Waals surface area contributed by atoms with Crippen molar-refractivity contribution in [3.8, 4) is 11.5 Å². The van der Waals surface area contributed by atoms with Gasteiger partial charge in [-0.15, -0.1) is 0 Å². The molecule has 0 aliphatic carbocycles. The summed E-state index contributed by atoms with van der Waals surface area (Å²) in [7, 11) is 3.25. The maximum atomic E-state index is 5.79. The fraction of sp³-hybridized carbons (Fsp3) is 0.500. The number of hydrogen-bond donors (Lipinski definition) is 2. The van der Waals surface area contributed by atoms with Crippen LogP contribution in [0.15, 0.2) is 23.2 Å². The van der Waals surface area contributed by atoms with E-state index >= 15 is 0 Å². The van der Waals surface area contributed by atoms with Crippen LogP contribution in [0.5, 0.6) is 11.5 Å². The second kappa shape index (κ2) is 7.51. The van der Waals surface area contributed by atoms with Crippen LogP contribution in [0.2, 0.25) is 0 Å². The number of nitrogens with zero attached hydrogens (tertiary/aromatic N) is 1. The van der Waals surface area contributed by atoms with Crippen LogP contribution in [0.3, 0.4) is 0 Å². The number of nitrogens with two attached hydrogens (primary N) is 1. The summed E-state index contributed by atoms with van der Waals surface area (Å²) >= 11 is 0. The van der Waals surface area contributed by atoms with E-state index in [9.17, 15) is 0 Å². The number of benzene rings is 1. The smallest absolute Gasteiger partial charge is 0.188 e. The van der Waals surface area contributed by atoms with E-state index in [1.165, 1.54) is 0 Å². The van der Waals surface area contributed by atoms with Crippen LogP contribution in [0.4, 0.5) is 0 Å². The topological polar surface area (TPSA) is 68.9 Å². The van der Waals surface area contributed by atoms with Crippen LogP contribution >= 0.6 is 0 Å². The number of methoxy groups -OCH3 is 2. The quantitative estimate of drug-likeness (QED) is 0.607. The molecule has 19 heavy (non-hydrogen) atoms. The van der Waals surface area contributed by atoms with E-state index in [0.29, 0.717) is 18.4 Å². The Morgan fingerprint density at radius 1 is 1.32 bits per heavy atom. The summed E-state index contributed by atoms with van der Waals surface area (Å²) in [5.74, 6) is 2.49. The highest BCUT2D eigenvalue weighted by Gasteiger charge is 2.04. The third-order valence-corrected chi connectivity index (χ3v) is 2.61. The monoisotopic (exact) mass is 265 g/mol. The molecule has 0 saturated heterocycles. The zero-order chi connectivity index (χ0) is 14.3. The molecule has 5 heteroatoms. The van der Waals surface area contributed by atoms with Crippen LogP contribution in [0.25, 0.3) is 0 Å². The fourth-order valence-corrected chi connectivity index (χ4v) is 1.52. The van der Waals surface area contributed by atoms with Gasteiger partial charge >= 0.3 is 0 Å². The molecular weight excluding hydrogens is 242 g/mol. The summed E-state index contributed by atoms with van der Waals surface area (Å²) in [5, 5.41) is 3.07. The predicted octanol–water partition coefficient (Wildman–Crippen LogP) is 1.76. The molecule has 1 rings (SSSR count). The SMILES string of the molecule is COc1ccc(CN=C(N)NCC(C)C)c(OC)c1. The van der Waals surface area contributed by atoms with Crippen molar-refractivity contribution in [2.45, 2.75) is 20.4 Å². The highest BCUT2D eigenvalue weighted by molar-refractivity contribution is 5.77. The molecule has 0 saturated carbocycles. The zero-order valence-electron chi connectivity index (χ0n) is 12.1. The molecule has 0 amide bonds. The highest BCUT2D eigenvalue weighted by Crippen LogP contribution is 2.24. The highest BCUT2D eigenvalue weighted by atomic mass is 16.5. The summed E-state index contributed by atoms with van der Waals surface area (Å²) in [6.45, 7) is 5.53. The van der Waals surface area contributed by atoms with Crippen LogP contribution in [-0.4, -0.2) is 26.7 Å². The van der Waals surface area contributed by atoms with Crippen molar-refractivity contribution in [1.82, 2.24) is 5.32 Å². The van der Waals surface area contributed by atoms with Crippen molar-refractivity contribution in [3.05, 3.63) is 23.8 Å². The Morgan fingerprint density at radius 3 is 2.63 bits per heavy atom. The van der Waals surface area contributed by atoms with E-state index in [-0.39, 0.29) is 0 Å². The van der Waals surface area contributed by atoms with Crippen molar-refractivity contribution in [1.29, 1.82) is 0 Å². The lowest BCUT2D eigenvalue weighted by atomic mass is 10.2. The number of nitrogens with one attached hydrogen (secondary N) is 1. The van der Waals surface area contributed by atoms with E-state index in [2.05, 4.69) is 24.2 Å². The summed E-state index contributed by atoms with van der Waals surface area (Å²) in [4.78, 5) is 4.29. The second-order valence-electron chi connectivity index (χ2n) is 4.65. The number of rotatable bonds is 6. The van der Waals surface area contributed by atoms with Crippen molar-refractivity contribution in [2.24, 2.45) is 16.6 Å². The summed E-state index contributed by atoms with van der Waals surface area (Å²) in [6, 6.07) is 5.64. The van der Waals surface area contributed by atoms with E-state index < -0.39 is 0 Å². The molecule has 0 aliphatic rings. The number of hydrogen-bond acceptors (Lipinski definition) is 3. The maximum Gasteiger partial charge on any atom is 0.188 e. The lowest BCUT2D eigenvalue weighted by molar-refractivity contribution is 0.391. The first kappa shape index (κ1) is 15.1. The molecule has 0 aromatic heterocycles. The summed E-state index contributed by atoms with van der Waals surface area (Å²) in [6.07, 6.45) is 0. The van der Waals surface area contributed by atoms with E-state index in [4.69, 9.17) is 15.2 Å². The number of aliphatic imine (C=N–C) groups is 1. The molecule has 3 N–H and O–H groups in total. The van der Waals surface area contributed by atoms with Crippen molar-refractivity contribution in [2.75, 3.05) is 20.8 Å². The Labute approximate surface area is 114 Å². The molecule has 0 atom stereocenters. The Hall–Kier alpha value is -1.91. The first-order valence-electron chi connectivity index (χ1n) is 6.31. The third kappa shape index (κ3) is 5.07. The van der Waals surface area contributed by atoms with Gasteiger partial charge in [0.25, 0.3) is 0 Å². The first-order valence-corrected chi connectivity index (χ1v) is 6.31. The minimum atomic E-state index is 0.451. The molecule has 1 aromatic carbocycles. The lowest BCUT2D eigenvalue weighted by Gasteiger charge is -2.10. The number of guanidine groups is 1. The van der Waals surface area contributed by atoms with E-state index in [1.54, 1.807) is 14.2 Å². The average Bonchev–Trinajstić information content (AvgIpc) is 2.42. The van der Waals surface area contributed by atoms with Gasteiger partial charge in [0.2, 0.25) is 0 Å². The Balaban J connectivity index is 2.68. The van der Waals surface area contributed by atoms with E-state index in [0.717, 1.165) is 23.6 Å². The number of ether oxygens (including phenoxy) is 2. The van der Waals surface area contributed by atoms with Gasteiger partial charge in [-0.25, -0.2) is 4.99 Å². The minimum Gasteiger partial charge on any atom is -0.497 e. The first-order chi connectivity index (χ1) is 9.06. The molecule has 1 aromatic rings. The standard InChI is InChI=1S/C14H23N3O2/c1-10(2)8-16-14(15)17-9-11-5-6-12(18-3)7-13(11)19-4/h5-7,10H,8-9H2,1-4H3,(H3,15,16,17). The zero-order valence-corrected chi connectivity index (χ0v) is 12.1. The maximum absolute atomic E-state index is 5.79. The largest absolute Gasteiger partial charge is 0.497 e. The van der Waals surface area contributed by atoms with Gasteiger partial charge in [-0.1, -0.05) is 13.8 Å². The van der Waals surface area contributed by atoms with Crippen LogP contribution in [-0.2, 0) is 6.54 Å². The second-order valence-corrected chi connectivity index (χ2v) is 4.65. The van der Waals surface area contributed by atoms with Crippen LogP contribution in [0.1, 0.15) is 19.4 Å². The Bertz CT molecular complexity index is 431. The third-order valence-electron chi connectivity index (χ3n) is 2.61. The molecule has 0 unspecified atom stereocenters. The van der Waals surface area contributed by atoms with Gasteiger partial charge in [0.1, 0.15) is 11.5 Å². The summed E-state index contributed by atoms with van der Waals surface area (Å²) in [5.41, 5.74) is 6.76. The fourth-order valence-electron chi connectivity index (χ4n) is 1.52. The lowest BCUT2D eigenvalue weighted by Crippen LogP contribution is -2.34. The molecule has 106 valence electrons. The molecule has 0 aliphatic heterocycles. The van der Waals surface area contributed by atoms with Gasteiger partial charge in [0, 0.05) is 18.2 Å². The Morgan fingerprint density at radius 2 is 2.05 bits per heavy atom. The van der Waals surface area contributed by atoms with Gasteiger partial charge in [0.05, 0.1) is 20.8 Å². The van der Waals surface area contributed by atoms with Gasteiger partial charge in [-0.3, -0.25) is 0 Å². The minimum absolute atomic E-state index is 0.451. The molecular formula is C14H23N3O2. The van der Waals surface area contributed by atoms with E-state index in [1.807, 2.05) is 18.2 Å². The molecule has 0 radical (unpaired) electrons. The Kier molecular flexibility index (Phi) is 5.99. The molecule has 0 heterocycles. The normalized spacial score (nSPS) is 11.5. The van der Waals surface area contributed by atoms with Crippen molar-refractivity contribution >= 4 is 5.96 Å². The van der Waals surface area contributed by atoms with Crippen molar-refractivity contribution < 1.29 is 9.47 Å². The summed E-state index contributed by atoms with van der Waals surface area (Å²) < 4.78 is 10.5. The van der Waals surface area contributed by atoms with Crippen molar-refractivity contribution in [3.63, 3.8) is 0 Å². The predicted molar refractivity (Wildman–Crippen MR) is 77.7 cm³/mol. The van der Waals surface area contributed by atoms with Gasteiger partial charge in [-0.05, 0) is 18.1 Å². The van der Waals surface area contributed by atoms with Crippen LogP contribution < -0.4 is 20.5 Å². The molecule has 5 nitrogen and oxygen atoms in total. The van der Waals surface area contributed by atoms with Gasteiger partial charge in [-0.2, -0.15) is 0 Å². The average molecular weight is 265 g/mol. The molecule has 0 bridgehead atoms. The van der Waals surface area contributed by atoms with Crippen LogP contribution in [0, 0.1) is 5.92 Å². The molecule has 0 spiro atoms. The van der Waals surface area contributed by atoms with Gasteiger partial charge < -0.3 is 20.5 Å². The van der Waals surface area contributed by atoms with Gasteiger partial charge in [0.15, 0.2) is 5.96 Å².